The Balaban J connectivity index is 0.000000161. The second-order valence-electron chi connectivity index (χ2n) is 11.4. The number of β-amino-alcohol motifs (C(OH)–C–C–N with tert-alkyl or cyclic N) is 2. The van der Waals surface area contributed by atoms with Crippen molar-refractivity contribution in [3.63, 3.8) is 0 Å². The first kappa shape index (κ1) is 29.5. The van der Waals surface area contributed by atoms with Gasteiger partial charge in [-0.3, -0.25) is 14.6 Å². The molecule has 3 saturated heterocycles. The zero-order valence-electron chi connectivity index (χ0n) is 22.9. The van der Waals surface area contributed by atoms with Gasteiger partial charge in [0.1, 0.15) is 5.78 Å². The monoisotopic (exact) mass is 509 g/mol. The number of rotatable bonds is 4. The summed E-state index contributed by atoms with van der Waals surface area (Å²) in [4.78, 5) is 15.8. The molecule has 0 aliphatic carbocycles. The molecule has 3 heterocycles. The van der Waals surface area contributed by atoms with Gasteiger partial charge < -0.3 is 15.5 Å². The van der Waals surface area contributed by atoms with Crippen LogP contribution in [0.25, 0.3) is 0 Å². The van der Waals surface area contributed by atoms with E-state index in [2.05, 4.69) is 51.5 Å². The van der Waals surface area contributed by atoms with Crippen molar-refractivity contribution in [2.75, 3.05) is 39.3 Å². The summed E-state index contributed by atoms with van der Waals surface area (Å²) in [5.74, 6) is 0.382. The van der Waals surface area contributed by atoms with Gasteiger partial charge in [0.2, 0.25) is 0 Å². The fourth-order valence-electron chi connectivity index (χ4n) is 5.22. The van der Waals surface area contributed by atoms with E-state index in [1.54, 1.807) is 0 Å². The highest BCUT2D eigenvalue weighted by Crippen LogP contribution is 2.21. The van der Waals surface area contributed by atoms with Gasteiger partial charge in [-0.15, -0.1) is 0 Å². The van der Waals surface area contributed by atoms with Gasteiger partial charge in [0.15, 0.2) is 0 Å². The predicted molar refractivity (Wildman–Crippen MR) is 150 cm³/mol. The Labute approximate surface area is 223 Å². The first-order chi connectivity index (χ1) is 17.7. The van der Waals surface area contributed by atoms with Crippen molar-refractivity contribution in [3.05, 3.63) is 71.8 Å². The number of nitrogens with zero attached hydrogens (tertiary/aromatic N) is 2. The predicted octanol–water partition coefficient (Wildman–Crippen LogP) is 4.01. The number of benzene rings is 2. The topological polar surface area (TPSA) is 76.0 Å². The first-order valence-electron chi connectivity index (χ1n) is 13.9. The van der Waals surface area contributed by atoms with Crippen LogP contribution >= 0.6 is 0 Å². The molecule has 6 heteroatoms. The third kappa shape index (κ3) is 11.9. The summed E-state index contributed by atoms with van der Waals surface area (Å²) in [5.41, 5.74) is 1.70. The third-order valence-electron chi connectivity index (χ3n) is 7.16. The van der Waals surface area contributed by atoms with Gasteiger partial charge in [-0.05, 0) is 76.7 Å². The fourth-order valence-corrected chi connectivity index (χ4v) is 5.22. The van der Waals surface area contributed by atoms with Crippen LogP contribution in [0.3, 0.4) is 0 Å². The number of hydrogen-bond donors (Lipinski definition) is 3. The van der Waals surface area contributed by atoms with Gasteiger partial charge in [0.05, 0.1) is 17.7 Å². The number of nitrogens with one attached hydrogen (secondary N) is 1. The second kappa shape index (κ2) is 14.7. The minimum atomic E-state index is -0.493. The number of piperidine rings is 3. The SMILES string of the molecule is CC1(O)CCCN(Cc2ccccc2)C1.CC1(O)CCCNC1.O=C1CCCN(Cc2ccccc2)C1. The summed E-state index contributed by atoms with van der Waals surface area (Å²) in [5, 5.41) is 22.4. The molecule has 5 rings (SSSR count). The summed E-state index contributed by atoms with van der Waals surface area (Å²) in [7, 11) is 0. The van der Waals surface area contributed by atoms with E-state index in [1.807, 2.05) is 38.1 Å². The fraction of sp³-hybridized carbons (Fsp3) is 0.581. The summed E-state index contributed by atoms with van der Waals surface area (Å²) in [6.45, 7) is 11.1. The molecular formula is C31H47N3O3. The zero-order valence-corrected chi connectivity index (χ0v) is 22.9. The van der Waals surface area contributed by atoms with Crippen molar-refractivity contribution in [1.82, 2.24) is 15.1 Å². The van der Waals surface area contributed by atoms with Gasteiger partial charge >= 0.3 is 0 Å². The molecule has 0 spiro atoms. The van der Waals surface area contributed by atoms with Crippen molar-refractivity contribution in [3.8, 4) is 0 Å². The maximum Gasteiger partial charge on any atom is 0.146 e. The van der Waals surface area contributed by atoms with Crippen LogP contribution in [-0.4, -0.2) is 76.3 Å². The van der Waals surface area contributed by atoms with Crippen LogP contribution in [0.1, 0.15) is 63.5 Å². The smallest absolute Gasteiger partial charge is 0.146 e. The highest BCUT2D eigenvalue weighted by atomic mass is 16.3. The molecule has 37 heavy (non-hydrogen) atoms. The van der Waals surface area contributed by atoms with E-state index >= 15 is 0 Å². The van der Waals surface area contributed by atoms with Crippen molar-refractivity contribution in [2.45, 2.75) is 76.7 Å². The van der Waals surface area contributed by atoms with Crippen LogP contribution < -0.4 is 5.32 Å². The Bertz CT molecular complexity index is 910. The van der Waals surface area contributed by atoms with Gasteiger partial charge in [-0.2, -0.15) is 0 Å². The lowest BCUT2D eigenvalue weighted by atomic mass is 9.95. The maximum absolute atomic E-state index is 11.2. The molecule has 2 aromatic carbocycles. The molecule has 0 bridgehead atoms. The van der Waals surface area contributed by atoms with E-state index in [9.17, 15) is 15.0 Å². The first-order valence-corrected chi connectivity index (χ1v) is 13.9. The molecule has 2 aromatic rings. The Morgan fingerprint density at radius 3 is 1.84 bits per heavy atom. The molecule has 0 amide bonds. The Morgan fingerprint density at radius 2 is 1.35 bits per heavy atom. The number of carbonyl (C=O) groups is 1. The van der Waals surface area contributed by atoms with E-state index in [0.717, 1.165) is 84.3 Å². The number of ketones is 1. The maximum atomic E-state index is 11.2. The molecular weight excluding hydrogens is 462 g/mol. The highest BCUT2D eigenvalue weighted by Gasteiger charge is 2.28. The highest BCUT2D eigenvalue weighted by molar-refractivity contribution is 5.81. The number of hydrogen-bond acceptors (Lipinski definition) is 6. The van der Waals surface area contributed by atoms with Crippen LogP contribution in [0.5, 0.6) is 0 Å². The van der Waals surface area contributed by atoms with Gasteiger partial charge in [0.25, 0.3) is 0 Å². The molecule has 3 N–H and O–H groups in total. The molecule has 3 aliphatic heterocycles. The minimum absolute atomic E-state index is 0.382. The van der Waals surface area contributed by atoms with Gasteiger partial charge in [-0.1, -0.05) is 60.7 Å². The molecule has 0 aromatic heterocycles. The van der Waals surface area contributed by atoms with E-state index in [1.165, 1.54) is 11.1 Å². The average molecular weight is 510 g/mol. The molecule has 3 fully saturated rings. The Morgan fingerprint density at radius 1 is 0.784 bits per heavy atom. The number of aliphatic hydroxyl groups is 2. The van der Waals surface area contributed by atoms with Crippen LogP contribution in [0, 0.1) is 0 Å². The van der Waals surface area contributed by atoms with E-state index < -0.39 is 11.2 Å². The lowest BCUT2D eigenvalue weighted by Gasteiger charge is -2.36. The number of Topliss-reactive ketones (excluding diaryl/α,β-unsaturated/α-hetero) is 1. The van der Waals surface area contributed by atoms with Crippen molar-refractivity contribution in [1.29, 1.82) is 0 Å². The normalized spacial score (nSPS) is 26.9. The summed E-state index contributed by atoms with van der Waals surface area (Å²) >= 11 is 0. The minimum Gasteiger partial charge on any atom is -0.389 e. The van der Waals surface area contributed by atoms with E-state index in [4.69, 9.17) is 0 Å². The van der Waals surface area contributed by atoms with Crippen molar-refractivity contribution < 1.29 is 15.0 Å². The molecule has 3 aliphatic rings. The molecule has 0 radical (unpaired) electrons. The van der Waals surface area contributed by atoms with Crippen molar-refractivity contribution in [2.24, 2.45) is 0 Å². The van der Waals surface area contributed by atoms with Gasteiger partial charge in [-0.25, -0.2) is 0 Å². The van der Waals surface area contributed by atoms with E-state index in [0.29, 0.717) is 12.3 Å². The van der Waals surface area contributed by atoms with Crippen LogP contribution in [0.4, 0.5) is 0 Å². The van der Waals surface area contributed by atoms with Crippen LogP contribution in [-0.2, 0) is 17.9 Å². The molecule has 0 saturated carbocycles. The molecule has 2 atom stereocenters. The molecule has 6 nitrogen and oxygen atoms in total. The molecule has 204 valence electrons. The Kier molecular flexibility index (Phi) is 11.7. The molecule has 2 unspecified atom stereocenters. The average Bonchev–Trinajstić information content (AvgIpc) is 2.85. The van der Waals surface area contributed by atoms with Crippen LogP contribution in [0.15, 0.2) is 60.7 Å². The number of carbonyl (C=O) groups excluding carboxylic acids is 1. The standard InChI is InChI=1S/C13H19NO.C12H15NO.C6H13NO/c1-13(15)8-5-9-14(11-13)10-12-6-3-2-4-7-12;14-12-7-4-8-13(10-12)9-11-5-2-1-3-6-11;1-6(8)3-2-4-7-5-6/h2-4,6-7,15H,5,8-11H2,1H3;1-3,5-6H,4,7-10H2;7-8H,2-5H2,1H3. The second-order valence-corrected chi connectivity index (χ2v) is 11.4. The summed E-state index contributed by atoms with van der Waals surface area (Å²) in [6.07, 6.45) is 5.86. The zero-order chi connectivity index (χ0) is 26.6. The summed E-state index contributed by atoms with van der Waals surface area (Å²) in [6, 6.07) is 20.8. The van der Waals surface area contributed by atoms with Gasteiger partial charge in [0, 0.05) is 32.6 Å². The Hall–Kier alpha value is -2.09. The summed E-state index contributed by atoms with van der Waals surface area (Å²) < 4.78 is 0. The van der Waals surface area contributed by atoms with Crippen LogP contribution in [0.2, 0.25) is 0 Å². The number of likely N-dealkylation sites (tertiary alicyclic amines) is 2. The lowest BCUT2D eigenvalue weighted by molar-refractivity contribution is -0.122. The lowest BCUT2D eigenvalue weighted by Crippen LogP contribution is -2.45. The quantitative estimate of drug-likeness (QED) is 0.578. The largest absolute Gasteiger partial charge is 0.389 e. The van der Waals surface area contributed by atoms with E-state index in [-0.39, 0.29) is 0 Å². The van der Waals surface area contributed by atoms with Crippen molar-refractivity contribution >= 4 is 5.78 Å². The third-order valence-corrected chi connectivity index (χ3v) is 7.16.